The Morgan fingerprint density at radius 3 is 2.28 bits per heavy atom. The molecule has 0 bridgehead atoms. The van der Waals surface area contributed by atoms with Crippen molar-refractivity contribution in [2.24, 2.45) is 0 Å². The van der Waals surface area contributed by atoms with Crippen LogP contribution in [0.1, 0.15) is 81.7 Å². The molecule has 0 aromatic heterocycles. The summed E-state index contributed by atoms with van der Waals surface area (Å²) in [4.78, 5) is 28.2. The highest BCUT2D eigenvalue weighted by atomic mass is 16.6. The minimum atomic E-state index is -1.11. The first kappa shape index (κ1) is 37.4. The minimum Gasteiger partial charge on any atom is -0.493 e. The summed E-state index contributed by atoms with van der Waals surface area (Å²) in [6.45, 7) is 13.6. The Kier molecular flexibility index (Phi) is 9.95. The summed E-state index contributed by atoms with van der Waals surface area (Å²) in [6, 6.07) is 15.6. The van der Waals surface area contributed by atoms with Crippen LogP contribution in [0.3, 0.4) is 0 Å². The van der Waals surface area contributed by atoms with Crippen LogP contribution in [0.15, 0.2) is 66.7 Å². The zero-order valence-electron chi connectivity index (χ0n) is 31.9. The zero-order valence-corrected chi connectivity index (χ0v) is 31.9. The highest BCUT2D eigenvalue weighted by Crippen LogP contribution is 2.55. The van der Waals surface area contributed by atoms with Crippen LogP contribution in [0.5, 0.6) is 28.7 Å². The van der Waals surface area contributed by atoms with Crippen molar-refractivity contribution in [3.8, 4) is 28.7 Å². The molecule has 1 radical (unpaired) electrons. The summed E-state index contributed by atoms with van der Waals surface area (Å²) in [6.07, 6.45) is -1.50. The van der Waals surface area contributed by atoms with Gasteiger partial charge < -0.3 is 38.5 Å². The van der Waals surface area contributed by atoms with E-state index in [1.165, 1.54) is 0 Å². The largest absolute Gasteiger partial charge is 0.493 e. The number of piperidine rings is 1. The van der Waals surface area contributed by atoms with Gasteiger partial charge in [0.05, 0.1) is 20.1 Å². The molecular formula is C42H49N2O10. The number of alkyl carbamates (subject to hydrolysis) is 1. The Morgan fingerprint density at radius 2 is 1.61 bits per heavy atom. The molecule has 3 aromatic carbocycles. The van der Waals surface area contributed by atoms with Gasteiger partial charge in [-0.15, -0.1) is 10.3 Å². The van der Waals surface area contributed by atoms with Crippen LogP contribution >= 0.6 is 0 Å². The molecule has 1 fully saturated rings. The predicted octanol–water partition coefficient (Wildman–Crippen LogP) is 6.81. The fraction of sp³-hybridized carbons (Fsp3) is 0.476. The third-order valence-corrected chi connectivity index (χ3v) is 11.0. The van der Waals surface area contributed by atoms with E-state index in [1.54, 1.807) is 20.3 Å². The Hall–Kier alpha value is -4.94. The van der Waals surface area contributed by atoms with Crippen molar-refractivity contribution in [2.45, 2.75) is 108 Å². The molecule has 0 spiro atoms. The zero-order chi connectivity index (χ0) is 38.5. The van der Waals surface area contributed by atoms with E-state index in [1.807, 2.05) is 83.1 Å². The number of benzene rings is 3. The topological polar surface area (TPSA) is 134 Å². The van der Waals surface area contributed by atoms with E-state index in [9.17, 15) is 14.8 Å². The van der Waals surface area contributed by atoms with Crippen LogP contribution < -0.4 is 29.0 Å². The van der Waals surface area contributed by atoms with Gasteiger partial charge in [0.1, 0.15) is 54.3 Å². The lowest BCUT2D eigenvalue weighted by atomic mass is 9.79. The molecular weight excluding hydrogens is 692 g/mol. The summed E-state index contributed by atoms with van der Waals surface area (Å²) in [5, 5.41) is 16.9. The summed E-state index contributed by atoms with van der Waals surface area (Å²) in [7, 11) is 3.11. The number of carbonyl (C=O) groups excluding carboxylic acids is 2. The van der Waals surface area contributed by atoms with Gasteiger partial charge in [0.2, 0.25) is 0 Å². The van der Waals surface area contributed by atoms with Gasteiger partial charge >= 0.3 is 12.1 Å². The molecule has 54 heavy (non-hydrogen) atoms. The molecule has 1 N–H and O–H groups in total. The number of nitrogens with zero attached hydrogens (tertiary/aromatic N) is 1. The third-order valence-electron chi connectivity index (χ3n) is 11.0. The van der Waals surface area contributed by atoms with Crippen LogP contribution in [0.2, 0.25) is 0 Å². The van der Waals surface area contributed by atoms with Gasteiger partial charge in [0.15, 0.2) is 11.5 Å². The minimum absolute atomic E-state index is 0.151. The first-order valence-corrected chi connectivity index (χ1v) is 18.4. The molecule has 0 saturated carbocycles. The summed E-state index contributed by atoms with van der Waals surface area (Å²) in [5.74, 6) is 1.68. The molecule has 7 rings (SSSR count). The number of esters is 1. The van der Waals surface area contributed by atoms with E-state index >= 15 is 0 Å². The SMILES string of the molecule is C=C(C)[C@H]1Cc2c(ccc3c2O[C@@H]2COc4cc(OC)c(OC)cc4[C@@H]2[C@@H]3OC(=O)[C@H](Cc2ccccc2)NC(=O)OC2CC(C)(C)N([O])C(C)(C)C2)O1. The van der Waals surface area contributed by atoms with E-state index < -0.39 is 53.4 Å². The lowest BCUT2D eigenvalue weighted by Crippen LogP contribution is -2.60. The third kappa shape index (κ3) is 7.04. The molecule has 0 aliphatic carbocycles. The van der Waals surface area contributed by atoms with Crippen LogP contribution in [0, 0.1) is 0 Å². The molecule has 287 valence electrons. The lowest BCUT2D eigenvalue weighted by Gasteiger charge is -2.49. The number of methoxy groups -OCH3 is 2. The normalized spacial score (nSPS) is 24.1. The van der Waals surface area contributed by atoms with Crippen LogP contribution in [-0.4, -0.2) is 73.4 Å². The summed E-state index contributed by atoms with van der Waals surface area (Å²) >= 11 is 0. The smallest absolute Gasteiger partial charge is 0.408 e. The number of hydrogen-bond acceptors (Lipinski definition) is 10. The Bertz CT molecular complexity index is 1910. The van der Waals surface area contributed by atoms with E-state index in [0.717, 1.165) is 27.3 Å². The second kappa shape index (κ2) is 14.4. The number of amides is 1. The van der Waals surface area contributed by atoms with Crippen molar-refractivity contribution in [1.29, 1.82) is 0 Å². The van der Waals surface area contributed by atoms with Crippen LogP contribution in [0.4, 0.5) is 4.79 Å². The standard InChI is InChI=1S/C42H49N2O10/c1-23(2)31-18-28-30(52-31)15-14-26-37(28)53-35-22-50-32-19-34(49-8)33(48-7)17-27(32)36(35)38(26)54-39(45)29(16-24-12-10-9-11-13-24)43-40(46)51-25-20-41(3,4)44(47)42(5,6)21-25/h9-15,17,19,25,29,31,35-36,38H,1,16,18,20-22H2,2-8H3,(H,43,46)/t29-,31+,35+,36-,38+/m0/s1. The first-order chi connectivity index (χ1) is 25.7. The maximum atomic E-state index is 14.6. The van der Waals surface area contributed by atoms with Crippen molar-refractivity contribution in [1.82, 2.24) is 10.4 Å². The Morgan fingerprint density at radius 1 is 0.926 bits per heavy atom. The molecule has 5 atom stereocenters. The van der Waals surface area contributed by atoms with Crippen molar-refractivity contribution in [3.63, 3.8) is 0 Å². The van der Waals surface area contributed by atoms with Gasteiger partial charge in [-0.3, -0.25) is 0 Å². The predicted molar refractivity (Wildman–Crippen MR) is 198 cm³/mol. The second-order valence-electron chi connectivity index (χ2n) is 16.0. The monoisotopic (exact) mass is 741 g/mol. The van der Waals surface area contributed by atoms with Gasteiger partial charge in [0.25, 0.3) is 0 Å². The second-order valence-corrected chi connectivity index (χ2v) is 16.0. The van der Waals surface area contributed by atoms with E-state index in [4.69, 9.17) is 33.2 Å². The van der Waals surface area contributed by atoms with Gasteiger partial charge in [-0.05, 0) is 64.0 Å². The average molecular weight is 742 g/mol. The first-order valence-electron chi connectivity index (χ1n) is 18.4. The number of carbonyl (C=O) groups is 2. The molecule has 3 aromatic rings. The summed E-state index contributed by atoms with van der Waals surface area (Å²) < 4.78 is 42.9. The quantitative estimate of drug-likeness (QED) is 0.184. The number of ether oxygens (including phenoxy) is 7. The number of hydroxylamine groups is 2. The maximum absolute atomic E-state index is 14.6. The van der Waals surface area contributed by atoms with Crippen molar-refractivity contribution < 1.29 is 48.0 Å². The molecule has 0 unspecified atom stereocenters. The van der Waals surface area contributed by atoms with E-state index in [-0.39, 0.29) is 19.1 Å². The Balaban J connectivity index is 1.23. The summed E-state index contributed by atoms with van der Waals surface area (Å²) in [5.41, 5.74) is 2.49. The van der Waals surface area contributed by atoms with Gasteiger partial charge in [-0.1, -0.05) is 36.9 Å². The highest BCUT2D eigenvalue weighted by molar-refractivity contribution is 5.82. The Labute approximate surface area is 316 Å². The van der Waals surface area contributed by atoms with Crippen molar-refractivity contribution >= 4 is 12.1 Å². The molecule has 1 amide bonds. The number of hydrogen-bond donors (Lipinski definition) is 1. The van der Waals surface area contributed by atoms with Gasteiger partial charge in [-0.2, -0.15) is 0 Å². The molecule has 4 aliphatic rings. The van der Waals surface area contributed by atoms with Crippen LogP contribution in [0.25, 0.3) is 0 Å². The molecule has 1 saturated heterocycles. The van der Waals surface area contributed by atoms with Crippen LogP contribution in [-0.2, 0) is 32.3 Å². The van der Waals surface area contributed by atoms with Gasteiger partial charge in [0, 0.05) is 59.5 Å². The average Bonchev–Trinajstić information content (AvgIpc) is 3.58. The lowest BCUT2D eigenvalue weighted by molar-refractivity contribution is -0.298. The van der Waals surface area contributed by atoms with Crippen molar-refractivity contribution in [3.05, 3.63) is 89.0 Å². The number of fused-ring (bicyclic) bond motifs is 6. The molecule has 12 nitrogen and oxygen atoms in total. The number of rotatable bonds is 9. The van der Waals surface area contributed by atoms with E-state index in [0.29, 0.717) is 53.6 Å². The van der Waals surface area contributed by atoms with E-state index in [2.05, 4.69) is 11.9 Å². The molecule has 4 aliphatic heterocycles. The van der Waals surface area contributed by atoms with Crippen molar-refractivity contribution in [2.75, 3.05) is 20.8 Å². The highest BCUT2D eigenvalue weighted by Gasteiger charge is 2.50. The van der Waals surface area contributed by atoms with Gasteiger partial charge in [-0.25, -0.2) is 9.59 Å². The number of nitrogens with one attached hydrogen (secondary N) is 1. The fourth-order valence-electron chi connectivity index (χ4n) is 8.47. The maximum Gasteiger partial charge on any atom is 0.408 e. The molecule has 12 heteroatoms. The fourth-order valence-corrected chi connectivity index (χ4v) is 8.47. The molecule has 4 heterocycles.